The SMILES string of the molecule is c1cc(-c2nc(N3CC4CCCNC4C3)n[nH]2)no1. The summed E-state index contributed by atoms with van der Waals surface area (Å²) in [5.74, 6) is 2.14. The molecule has 0 aromatic carbocycles. The first-order valence-corrected chi connectivity index (χ1v) is 6.71. The predicted octanol–water partition coefficient (Wildman–Crippen LogP) is 0.648. The zero-order chi connectivity index (χ0) is 12.7. The van der Waals surface area contributed by atoms with Crippen LogP contribution in [0.5, 0.6) is 0 Å². The van der Waals surface area contributed by atoms with E-state index in [0.29, 0.717) is 17.6 Å². The van der Waals surface area contributed by atoms with Crippen molar-refractivity contribution < 1.29 is 4.52 Å². The number of aromatic amines is 1. The van der Waals surface area contributed by atoms with Crippen LogP contribution in [0.15, 0.2) is 16.9 Å². The van der Waals surface area contributed by atoms with Gasteiger partial charge in [-0.15, -0.1) is 5.10 Å². The number of anilines is 1. The highest BCUT2D eigenvalue weighted by molar-refractivity contribution is 5.50. The van der Waals surface area contributed by atoms with Crippen molar-refractivity contribution in [1.29, 1.82) is 0 Å². The van der Waals surface area contributed by atoms with Gasteiger partial charge >= 0.3 is 0 Å². The predicted molar refractivity (Wildman–Crippen MR) is 68.6 cm³/mol. The number of nitrogens with one attached hydrogen (secondary N) is 2. The molecular weight excluding hydrogens is 244 g/mol. The van der Waals surface area contributed by atoms with Crippen LogP contribution in [0.25, 0.3) is 11.5 Å². The number of piperidine rings is 1. The van der Waals surface area contributed by atoms with Crippen LogP contribution in [-0.2, 0) is 0 Å². The molecule has 2 saturated heterocycles. The van der Waals surface area contributed by atoms with Gasteiger partial charge in [0.1, 0.15) is 6.26 Å². The zero-order valence-corrected chi connectivity index (χ0v) is 10.5. The molecule has 2 aliphatic rings. The summed E-state index contributed by atoms with van der Waals surface area (Å²) in [6, 6.07) is 2.36. The summed E-state index contributed by atoms with van der Waals surface area (Å²) in [6.45, 7) is 3.15. The quantitative estimate of drug-likeness (QED) is 0.825. The summed E-state index contributed by atoms with van der Waals surface area (Å²) in [6.07, 6.45) is 4.10. The Morgan fingerprint density at radius 3 is 3.21 bits per heavy atom. The second kappa shape index (κ2) is 4.34. The van der Waals surface area contributed by atoms with E-state index in [1.165, 1.54) is 19.1 Å². The summed E-state index contributed by atoms with van der Waals surface area (Å²) in [5, 5.41) is 14.7. The van der Waals surface area contributed by atoms with Crippen LogP contribution < -0.4 is 10.2 Å². The van der Waals surface area contributed by atoms with Gasteiger partial charge in [0.25, 0.3) is 0 Å². The van der Waals surface area contributed by atoms with Crippen molar-refractivity contribution in [2.24, 2.45) is 5.92 Å². The number of fused-ring (bicyclic) bond motifs is 1. The van der Waals surface area contributed by atoms with Crippen LogP contribution in [0.1, 0.15) is 12.8 Å². The van der Waals surface area contributed by atoms with Crippen molar-refractivity contribution in [2.75, 3.05) is 24.5 Å². The first kappa shape index (κ1) is 11.0. The van der Waals surface area contributed by atoms with Crippen molar-refractivity contribution >= 4 is 5.95 Å². The maximum atomic E-state index is 4.82. The van der Waals surface area contributed by atoms with Gasteiger partial charge in [0.15, 0.2) is 11.5 Å². The number of hydrogen-bond acceptors (Lipinski definition) is 6. The second-order valence-electron chi connectivity index (χ2n) is 5.24. The number of nitrogens with zero attached hydrogens (tertiary/aromatic N) is 4. The molecule has 19 heavy (non-hydrogen) atoms. The molecular formula is C12H16N6O. The fourth-order valence-electron chi connectivity index (χ4n) is 3.05. The standard InChI is InChI=1S/C12H16N6O/c1-2-8-6-18(7-10(8)13-4-1)12-14-11(15-16-12)9-3-5-19-17-9/h3,5,8,10,13H,1-2,4,6-7H2,(H,14,15,16). The number of rotatable bonds is 2. The lowest BCUT2D eigenvalue weighted by Gasteiger charge is -2.24. The van der Waals surface area contributed by atoms with Crippen LogP contribution in [0.2, 0.25) is 0 Å². The lowest BCUT2D eigenvalue weighted by atomic mass is 9.94. The van der Waals surface area contributed by atoms with E-state index in [4.69, 9.17) is 4.52 Å². The minimum atomic E-state index is 0.586. The Morgan fingerprint density at radius 1 is 1.37 bits per heavy atom. The molecule has 2 unspecified atom stereocenters. The van der Waals surface area contributed by atoms with Crippen LogP contribution in [0.3, 0.4) is 0 Å². The molecule has 2 fully saturated rings. The third-order valence-electron chi connectivity index (χ3n) is 4.04. The van der Waals surface area contributed by atoms with Gasteiger partial charge in [0.2, 0.25) is 5.95 Å². The van der Waals surface area contributed by atoms with Crippen molar-refractivity contribution in [3.63, 3.8) is 0 Å². The van der Waals surface area contributed by atoms with Gasteiger partial charge in [-0.3, -0.25) is 5.10 Å². The van der Waals surface area contributed by atoms with E-state index in [0.717, 1.165) is 31.5 Å². The highest BCUT2D eigenvalue weighted by Gasteiger charge is 2.35. The van der Waals surface area contributed by atoms with Gasteiger partial charge in [0.05, 0.1) is 0 Å². The minimum Gasteiger partial charge on any atom is -0.364 e. The second-order valence-corrected chi connectivity index (χ2v) is 5.24. The van der Waals surface area contributed by atoms with Gasteiger partial charge in [-0.25, -0.2) is 0 Å². The molecule has 4 rings (SSSR count). The monoisotopic (exact) mass is 260 g/mol. The fraction of sp³-hybridized carbons (Fsp3) is 0.583. The van der Waals surface area contributed by atoms with Gasteiger partial charge in [-0.1, -0.05) is 5.16 Å². The molecule has 0 aliphatic carbocycles. The van der Waals surface area contributed by atoms with E-state index in [1.807, 2.05) is 0 Å². The van der Waals surface area contributed by atoms with Crippen molar-refractivity contribution in [3.05, 3.63) is 12.3 Å². The number of aromatic nitrogens is 4. The third-order valence-corrected chi connectivity index (χ3v) is 4.04. The molecule has 0 radical (unpaired) electrons. The lowest BCUT2D eigenvalue weighted by Crippen LogP contribution is -2.40. The van der Waals surface area contributed by atoms with Gasteiger partial charge < -0.3 is 14.7 Å². The summed E-state index contributed by atoms with van der Waals surface area (Å²) in [7, 11) is 0. The average Bonchev–Trinajstić information content (AvgIpc) is 3.17. The van der Waals surface area contributed by atoms with E-state index in [2.05, 4.69) is 30.6 Å². The molecule has 100 valence electrons. The first-order chi connectivity index (χ1) is 9.40. The van der Waals surface area contributed by atoms with E-state index in [1.54, 1.807) is 6.07 Å². The number of hydrogen-bond donors (Lipinski definition) is 2. The van der Waals surface area contributed by atoms with Crippen molar-refractivity contribution in [2.45, 2.75) is 18.9 Å². The van der Waals surface area contributed by atoms with E-state index < -0.39 is 0 Å². The smallest absolute Gasteiger partial charge is 0.245 e. The Balaban J connectivity index is 1.54. The highest BCUT2D eigenvalue weighted by Crippen LogP contribution is 2.27. The lowest BCUT2D eigenvalue weighted by molar-refractivity contribution is 0.340. The Hall–Kier alpha value is -1.89. The highest BCUT2D eigenvalue weighted by atomic mass is 16.5. The molecule has 0 bridgehead atoms. The van der Waals surface area contributed by atoms with Crippen LogP contribution in [-0.4, -0.2) is 46.0 Å². The Morgan fingerprint density at radius 2 is 2.37 bits per heavy atom. The van der Waals surface area contributed by atoms with Gasteiger partial charge in [-0.2, -0.15) is 4.98 Å². The van der Waals surface area contributed by atoms with Crippen LogP contribution >= 0.6 is 0 Å². The van der Waals surface area contributed by atoms with Crippen molar-refractivity contribution in [1.82, 2.24) is 25.7 Å². The van der Waals surface area contributed by atoms with E-state index in [-0.39, 0.29) is 0 Å². The Kier molecular flexibility index (Phi) is 2.51. The van der Waals surface area contributed by atoms with Crippen LogP contribution in [0.4, 0.5) is 5.95 Å². The average molecular weight is 260 g/mol. The van der Waals surface area contributed by atoms with E-state index in [9.17, 15) is 0 Å². The van der Waals surface area contributed by atoms with Gasteiger partial charge in [-0.05, 0) is 25.3 Å². The Bertz CT molecular complexity index is 536. The normalized spacial score (nSPS) is 26.6. The largest absolute Gasteiger partial charge is 0.364 e. The maximum Gasteiger partial charge on any atom is 0.245 e. The molecule has 2 aromatic rings. The number of H-pyrrole nitrogens is 1. The fourth-order valence-corrected chi connectivity index (χ4v) is 3.05. The minimum absolute atomic E-state index is 0.586. The summed E-state index contributed by atoms with van der Waals surface area (Å²) >= 11 is 0. The molecule has 7 nitrogen and oxygen atoms in total. The summed E-state index contributed by atoms with van der Waals surface area (Å²) in [4.78, 5) is 6.75. The Labute approximate surface area is 110 Å². The molecule has 2 aliphatic heterocycles. The molecule has 2 N–H and O–H groups in total. The molecule has 4 heterocycles. The van der Waals surface area contributed by atoms with Crippen LogP contribution in [0, 0.1) is 5.92 Å². The molecule has 0 amide bonds. The third kappa shape index (κ3) is 1.90. The first-order valence-electron chi connectivity index (χ1n) is 6.71. The molecule has 2 aromatic heterocycles. The molecule has 2 atom stereocenters. The zero-order valence-electron chi connectivity index (χ0n) is 10.5. The summed E-state index contributed by atoms with van der Waals surface area (Å²) < 4.78 is 4.82. The molecule has 7 heteroatoms. The van der Waals surface area contributed by atoms with Crippen molar-refractivity contribution in [3.8, 4) is 11.5 Å². The summed E-state index contributed by atoms with van der Waals surface area (Å²) in [5.41, 5.74) is 0.688. The maximum absolute atomic E-state index is 4.82. The molecule has 0 spiro atoms. The van der Waals surface area contributed by atoms with E-state index >= 15 is 0 Å². The van der Waals surface area contributed by atoms with Gasteiger partial charge in [0, 0.05) is 25.2 Å². The molecule has 0 saturated carbocycles. The topological polar surface area (TPSA) is 82.9 Å².